The summed E-state index contributed by atoms with van der Waals surface area (Å²) in [6.45, 7) is 4.26. The average Bonchev–Trinajstić information content (AvgIpc) is 3.13. The van der Waals surface area contributed by atoms with E-state index in [1.165, 1.54) is 18.1 Å². The maximum atomic E-state index is 6.08. The molecule has 0 saturated carbocycles. The van der Waals surface area contributed by atoms with Gasteiger partial charge in [-0.25, -0.2) is 9.97 Å². The molecule has 0 spiro atoms. The molecule has 2 aromatic heterocycles. The number of furan rings is 1. The molecule has 104 valence electrons. The van der Waals surface area contributed by atoms with Gasteiger partial charge in [-0.2, -0.15) is 0 Å². The van der Waals surface area contributed by atoms with Crippen molar-refractivity contribution in [1.82, 2.24) is 9.97 Å². The molecular weight excluding hydrogens is 250 g/mol. The Labute approximate surface area is 117 Å². The molecule has 0 N–H and O–H groups in total. The Balaban J connectivity index is 2.04. The Morgan fingerprint density at radius 1 is 1.15 bits per heavy atom. The minimum absolute atomic E-state index is 0.862. The summed E-state index contributed by atoms with van der Waals surface area (Å²) in [5, 5.41) is 1.17. The fraction of sp³-hybridized carbons (Fsp3) is 0.500. The van der Waals surface area contributed by atoms with Gasteiger partial charge in [0.15, 0.2) is 11.4 Å². The van der Waals surface area contributed by atoms with Crippen LogP contribution in [0.3, 0.4) is 0 Å². The molecule has 4 nitrogen and oxygen atoms in total. The fourth-order valence-electron chi connectivity index (χ4n) is 3.13. The van der Waals surface area contributed by atoms with Crippen LogP contribution in [-0.4, -0.2) is 23.1 Å². The highest BCUT2D eigenvalue weighted by molar-refractivity contribution is 5.85. The van der Waals surface area contributed by atoms with E-state index in [4.69, 9.17) is 14.4 Å². The normalized spacial score (nSPS) is 17.9. The van der Waals surface area contributed by atoms with E-state index in [2.05, 4.69) is 24.0 Å². The summed E-state index contributed by atoms with van der Waals surface area (Å²) in [6.07, 6.45) is 9.90. The second-order valence-corrected chi connectivity index (χ2v) is 5.55. The first-order chi connectivity index (χ1) is 9.86. The van der Waals surface area contributed by atoms with Crippen molar-refractivity contribution in [3.05, 3.63) is 16.5 Å². The van der Waals surface area contributed by atoms with E-state index in [0.29, 0.717) is 0 Å². The molecule has 0 radical (unpaired) electrons. The van der Waals surface area contributed by atoms with Crippen LogP contribution >= 0.6 is 0 Å². The highest BCUT2D eigenvalue weighted by atomic mass is 16.3. The van der Waals surface area contributed by atoms with Gasteiger partial charge in [-0.1, -0.05) is 13.0 Å². The third kappa shape index (κ3) is 1.74. The summed E-state index contributed by atoms with van der Waals surface area (Å²) in [5.41, 5.74) is 2.86. The number of aryl methyl sites for hydroxylation is 1. The van der Waals surface area contributed by atoms with Gasteiger partial charge in [-0.15, -0.1) is 0 Å². The van der Waals surface area contributed by atoms with Crippen LogP contribution in [0.25, 0.3) is 23.3 Å². The number of aromatic nitrogens is 2. The molecule has 20 heavy (non-hydrogen) atoms. The molecule has 1 fully saturated rings. The van der Waals surface area contributed by atoms with Gasteiger partial charge in [-0.05, 0) is 31.8 Å². The van der Waals surface area contributed by atoms with Crippen LogP contribution in [0, 0.1) is 0 Å². The molecule has 1 aliphatic heterocycles. The molecule has 0 amide bonds. The van der Waals surface area contributed by atoms with Crippen molar-refractivity contribution in [2.75, 3.05) is 18.0 Å². The first-order valence-electron chi connectivity index (χ1n) is 7.61. The quantitative estimate of drug-likeness (QED) is 0.833. The number of anilines is 1. The third-order valence-electron chi connectivity index (χ3n) is 4.19. The van der Waals surface area contributed by atoms with E-state index < -0.39 is 0 Å². The molecule has 3 heterocycles. The molecule has 0 unspecified atom stereocenters. The monoisotopic (exact) mass is 269 g/mol. The van der Waals surface area contributed by atoms with E-state index in [1.807, 2.05) is 0 Å². The van der Waals surface area contributed by atoms with Crippen LogP contribution in [0.1, 0.15) is 38.4 Å². The van der Waals surface area contributed by atoms with Crippen LogP contribution in [-0.2, 0) is 6.42 Å². The van der Waals surface area contributed by atoms with Crippen molar-refractivity contribution in [3.8, 4) is 0 Å². The zero-order valence-corrected chi connectivity index (χ0v) is 11.9. The Kier molecular flexibility index (Phi) is 2.76. The smallest absolute Gasteiger partial charge is 0.196 e. The summed E-state index contributed by atoms with van der Waals surface area (Å²) in [4.78, 5) is 11.8. The van der Waals surface area contributed by atoms with Gasteiger partial charge in [0.1, 0.15) is 16.8 Å². The second kappa shape index (κ2) is 4.62. The Hall–Kier alpha value is -1.84. The van der Waals surface area contributed by atoms with Crippen molar-refractivity contribution >= 4 is 29.1 Å². The van der Waals surface area contributed by atoms with Gasteiger partial charge >= 0.3 is 0 Å². The lowest BCUT2D eigenvalue weighted by molar-refractivity contribution is 0.569. The molecular formula is C16H19N3O. The van der Waals surface area contributed by atoms with Crippen molar-refractivity contribution in [1.29, 1.82) is 0 Å². The lowest BCUT2D eigenvalue weighted by Crippen LogP contribution is -2.23. The summed E-state index contributed by atoms with van der Waals surface area (Å²) >= 11 is 0. The van der Waals surface area contributed by atoms with Gasteiger partial charge < -0.3 is 9.32 Å². The molecule has 0 atom stereocenters. The van der Waals surface area contributed by atoms with Crippen molar-refractivity contribution in [2.24, 2.45) is 0 Å². The lowest BCUT2D eigenvalue weighted by atomic mass is 10.1. The summed E-state index contributed by atoms with van der Waals surface area (Å²) < 4.78 is 6.08. The van der Waals surface area contributed by atoms with Crippen molar-refractivity contribution in [2.45, 2.75) is 39.0 Å². The van der Waals surface area contributed by atoms with Crippen LogP contribution in [0.5, 0.6) is 0 Å². The number of hydrogen-bond donors (Lipinski definition) is 0. The third-order valence-corrected chi connectivity index (χ3v) is 4.19. The minimum Gasteiger partial charge on any atom is -0.451 e. The maximum absolute atomic E-state index is 6.08. The van der Waals surface area contributed by atoms with E-state index in [9.17, 15) is 0 Å². The largest absolute Gasteiger partial charge is 0.451 e. The van der Waals surface area contributed by atoms with Crippen molar-refractivity contribution in [3.63, 3.8) is 0 Å². The Bertz CT molecular complexity index is 769. The summed E-state index contributed by atoms with van der Waals surface area (Å²) in [5.74, 6) is 1.92. The maximum Gasteiger partial charge on any atom is 0.196 e. The zero-order valence-electron chi connectivity index (χ0n) is 11.9. The molecule has 0 bridgehead atoms. The lowest BCUT2D eigenvalue weighted by Gasteiger charge is -2.16. The number of rotatable bonds is 2. The van der Waals surface area contributed by atoms with E-state index in [1.54, 1.807) is 0 Å². The minimum atomic E-state index is 0.862. The van der Waals surface area contributed by atoms with Gasteiger partial charge in [0.2, 0.25) is 0 Å². The van der Waals surface area contributed by atoms with E-state index in [0.717, 1.165) is 60.5 Å². The SMILES string of the molecule is CCc1nc(N2CCCC2)c2oc3c(c2n1)=CCCC=3. The second-order valence-electron chi connectivity index (χ2n) is 5.55. The topological polar surface area (TPSA) is 42.2 Å². The van der Waals surface area contributed by atoms with E-state index >= 15 is 0 Å². The van der Waals surface area contributed by atoms with Crippen LogP contribution < -0.4 is 15.5 Å². The van der Waals surface area contributed by atoms with Gasteiger partial charge in [-0.3, -0.25) is 0 Å². The summed E-state index contributed by atoms with van der Waals surface area (Å²) in [6, 6.07) is 0. The zero-order chi connectivity index (χ0) is 13.5. The number of fused-ring (bicyclic) bond motifs is 3. The van der Waals surface area contributed by atoms with E-state index in [-0.39, 0.29) is 0 Å². The highest BCUT2D eigenvalue weighted by Gasteiger charge is 2.21. The summed E-state index contributed by atoms with van der Waals surface area (Å²) in [7, 11) is 0. The molecule has 2 aliphatic rings. The van der Waals surface area contributed by atoms with Gasteiger partial charge in [0.05, 0.1) is 0 Å². The molecule has 4 heteroatoms. The van der Waals surface area contributed by atoms with Crippen LogP contribution in [0.15, 0.2) is 4.42 Å². The Morgan fingerprint density at radius 3 is 2.75 bits per heavy atom. The number of hydrogen-bond acceptors (Lipinski definition) is 4. The predicted octanol–water partition coefficient (Wildman–Crippen LogP) is 1.74. The van der Waals surface area contributed by atoms with Gasteiger partial charge in [0, 0.05) is 24.7 Å². The molecule has 0 aromatic carbocycles. The van der Waals surface area contributed by atoms with Crippen molar-refractivity contribution < 1.29 is 4.42 Å². The van der Waals surface area contributed by atoms with Gasteiger partial charge in [0.25, 0.3) is 0 Å². The standard InChI is InChI=1S/C16H19N3O/c1-2-13-17-14-11-7-3-4-8-12(11)20-15(14)16(18-13)19-9-5-6-10-19/h7-8H,2-6,9-10H2,1H3. The molecule has 1 aliphatic carbocycles. The Morgan fingerprint density at radius 2 is 1.95 bits per heavy atom. The first kappa shape index (κ1) is 11.9. The number of nitrogens with zero attached hydrogens (tertiary/aromatic N) is 3. The highest BCUT2D eigenvalue weighted by Crippen LogP contribution is 2.25. The molecule has 2 aromatic rings. The van der Waals surface area contributed by atoms with Crippen LogP contribution in [0.2, 0.25) is 0 Å². The predicted molar refractivity (Wildman–Crippen MR) is 80.0 cm³/mol. The fourth-order valence-corrected chi connectivity index (χ4v) is 3.13. The molecule has 1 saturated heterocycles. The first-order valence-corrected chi connectivity index (χ1v) is 7.61. The van der Waals surface area contributed by atoms with Crippen LogP contribution in [0.4, 0.5) is 5.82 Å². The average molecular weight is 269 g/mol. The molecule has 4 rings (SSSR count).